The number of rotatable bonds is 5. The molecule has 1 atom stereocenters. The molecule has 2 aromatic rings. The molecule has 1 saturated heterocycles. The van der Waals surface area contributed by atoms with Crippen molar-refractivity contribution in [1.29, 1.82) is 0 Å². The standard InChI is InChI=1S/C16H20BrN3O/c1-12-7-15(19-21-12)10-18-9-13-5-6-20(11-13)16-4-2-3-14(17)8-16/h2-4,7-8,13,18H,5-6,9-11H2,1H3. The molecule has 0 spiro atoms. The van der Waals surface area contributed by atoms with Gasteiger partial charge in [-0.15, -0.1) is 0 Å². The molecule has 1 aliphatic rings. The summed E-state index contributed by atoms with van der Waals surface area (Å²) in [7, 11) is 0. The third kappa shape index (κ3) is 3.86. The normalized spacial score (nSPS) is 18.4. The molecule has 0 bridgehead atoms. The van der Waals surface area contributed by atoms with Crippen LogP contribution in [0.2, 0.25) is 0 Å². The van der Waals surface area contributed by atoms with Crippen molar-refractivity contribution in [1.82, 2.24) is 10.5 Å². The molecule has 1 aromatic heterocycles. The van der Waals surface area contributed by atoms with Crippen molar-refractivity contribution in [3.63, 3.8) is 0 Å². The van der Waals surface area contributed by atoms with E-state index in [0.29, 0.717) is 5.92 Å². The van der Waals surface area contributed by atoms with Crippen LogP contribution < -0.4 is 10.2 Å². The van der Waals surface area contributed by atoms with Crippen molar-refractivity contribution in [3.05, 3.63) is 46.3 Å². The van der Waals surface area contributed by atoms with Gasteiger partial charge in [-0.3, -0.25) is 0 Å². The second kappa shape index (κ2) is 6.62. The number of hydrogen-bond donors (Lipinski definition) is 1. The van der Waals surface area contributed by atoms with E-state index in [0.717, 1.165) is 42.1 Å². The van der Waals surface area contributed by atoms with Crippen LogP contribution in [0.3, 0.4) is 0 Å². The van der Waals surface area contributed by atoms with Gasteiger partial charge >= 0.3 is 0 Å². The number of nitrogens with zero attached hydrogens (tertiary/aromatic N) is 2. The lowest BCUT2D eigenvalue weighted by Gasteiger charge is -2.19. The van der Waals surface area contributed by atoms with E-state index in [-0.39, 0.29) is 0 Å². The molecule has 1 fully saturated rings. The molecule has 2 heterocycles. The maximum atomic E-state index is 5.07. The average molecular weight is 350 g/mol. The summed E-state index contributed by atoms with van der Waals surface area (Å²) in [6, 6.07) is 10.5. The Morgan fingerprint density at radius 3 is 3.10 bits per heavy atom. The lowest BCUT2D eigenvalue weighted by atomic mass is 10.1. The van der Waals surface area contributed by atoms with Crippen molar-refractivity contribution >= 4 is 21.6 Å². The predicted octanol–water partition coefficient (Wildman–Crippen LogP) is 3.36. The molecule has 112 valence electrons. The first-order valence-corrected chi connectivity index (χ1v) is 8.13. The Bertz CT molecular complexity index is 599. The maximum Gasteiger partial charge on any atom is 0.133 e. The van der Waals surface area contributed by atoms with Gasteiger partial charge in [0.2, 0.25) is 0 Å². The third-order valence-electron chi connectivity index (χ3n) is 3.88. The summed E-state index contributed by atoms with van der Waals surface area (Å²) < 4.78 is 6.21. The number of halogens is 1. The summed E-state index contributed by atoms with van der Waals surface area (Å²) in [4.78, 5) is 2.46. The van der Waals surface area contributed by atoms with Crippen molar-refractivity contribution in [3.8, 4) is 0 Å². The number of aryl methyl sites for hydroxylation is 1. The molecule has 4 nitrogen and oxygen atoms in total. The first-order chi connectivity index (χ1) is 10.2. The van der Waals surface area contributed by atoms with E-state index in [1.807, 2.05) is 13.0 Å². The Balaban J connectivity index is 1.46. The molecule has 0 amide bonds. The van der Waals surface area contributed by atoms with Gasteiger partial charge in [-0.1, -0.05) is 27.2 Å². The van der Waals surface area contributed by atoms with Crippen LogP contribution in [-0.2, 0) is 6.54 Å². The van der Waals surface area contributed by atoms with E-state index in [1.54, 1.807) is 0 Å². The van der Waals surface area contributed by atoms with Crippen LogP contribution >= 0.6 is 15.9 Å². The molecule has 21 heavy (non-hydrogen) atoms. The van der Waals surface area contributed by atoms with Gasteiger partial charge in [0.15, 0.2) is 0 Å². The summed E-state index contributed by atoms with van der Waals surface area (Å²) in [6.07, 6.45) is 1.23. The van der Waals surface area contributed by atoms with Crippen molar-refractivity contribution < 1.29 is 4.52 Å². The van der Waals surface area contributed by atoms with Gasteiger partial charge in [0.05, 0.1) is 5.69 Å². The Labute approximate surface area is 133 Å². The number of hydrogen-bond acceptors (Lipinski definition) is 4. The van der Waals surface area contributed by atoms with E-state index in [2.05, 4.69) is 55.6 Å². The van der Waals surface area contributed by atoms with Crippen LogP contribution in [-0.4, -0.2) is 24.8 Å². The Morgan fingerprint density at radius 2 is 2.33 bits per heavy atom. The van der Waals surface area contributed by atoms with Crippen molar-refractivity contribution in [2.24, 2.45) is 5.92 Å². The minimum Gasteiger partial charge on any atom is -0.371 e. The molecule has 3 rings (SSSR count). The van der Waals surface area contributed by atoms with Crippen LogP contribution in [0.5, 0.6) is 0 Å². The van der Waals surface area contributed by atoms with Gasteiger partial charge in [0, 0.05) is 42.4 Å². The Morgan fingerprint density at radius 1 is 1.43 bits per heavy atom. The Hall–Kier alpha value is -1.33. The predicted molar refractivity (Wildman–Crippen MR) is 87.4 cm³/mol. The maximum absolute atomic E-state index is 5.07. The molecule has 1 aliphatic heterocycles. The zero-order chi connectivity index (χ0) is 14.7. The summed E-state index contributed by atoms with van der Waals surface area (Å²) in [5.41, 5.74) is 2.29. The molecule has 0 aliphatic carbocycles. The highest BCUT2D eigenvalue weighted by Crippen LogP contribution is 2.25. The van der Waals surface area contributed by atoms with Crippen LogP contribution in [0.25, 0.3) is 0 Å². The van der Waals surface area contributed by atoms with Gasteiger partial charge in [-0.2, -0.15) is 0 Å². The van der Waals surface area contributed by atoms with Gasteiger partial charge in [0.25, 0.3) is 0 Å². The van der Waals surface area contributed by atoms with E-state index in [4.69, 9.17) is 4.52 Å². The molecule has 5 heteroatoms. The van der Waals surface area contributed by atoms with Gasteiger partial charge in [0.1, 0.15) is 5.76 Å². The summed E-state index contributed by atoms with van der Waals surface area (Å²) in [6.45, 7) is 5.97. The first kappa shape index (κ1) is 14.6. The van der Waals surface area contributed by atoms with Gasteiger partial charge in [-0.05, 0) is 37.5 Å². The van der Waals surface area contributed by atoms with Gasteiger partial charge < -0.3 is 14.7 Å². The minimum absolute atomic E-state index is 0.692. The molecule has 0 radical (unpaired) electrons. The average Bonchev–Trinajstić information content (AvgIpc) is 3.08. The molecule has 1 unspecified atom stereocenters. The topological polar surface area (TPSA) is 41.3 Å². The summed E-state index contributed by atoms with van der Waals surface area (Å²) in [5, 5.41) is 7.48. The lowest BCUT2D eigenvalue weighted by molar-refractivity contribution is 0.386. The molecule has 0 saturated carbocycles. The first-order valence-electron chi connectivity index (χ1n) is 7.34. The van der Waals surface area contributed by atoms with E-state index < -0.39 is 0 Å². The highest BCUT2D eigenvalue weighted by Gasteiger charge is 2.22. The smallest absolute Gasteiger partial charge is 0.133 e. The van der Waals surface area contributed by atoms with Crippen molar-refractivity contribution in [2.45, 2.75) is 19.9 Å². The fourth-order valence-corrected chi connectivity index (χ4v) is 3.20. The summed E-state index contributed by atoms with van der Waals surface area (Å²) in [5.74, 6) is 1.56. The second-order valence-corrected chi connectivity index (χ2v) is 6.56. The summed E-state index contributed by atoms with van der Waals surface area (Å²) >= 11 is 3.54. The SMILES string of the molecule is Cc1cc(CNCC2CCN(c3cccc(Br)c3)C2)no1. The number of aromatic nitrogens is 1. The molecule has 1 aromatic carbocycles. The fourth-order valence-electron chi connectivity index (χ4n) is 2.81. The second-order valence-electron chi connectivity index (χ2n) is 5.64. The Kier molecular flexibility index (Phi) is 4.60. The minimum atomic E-state index is 0.692. The van der Waals surface area contributed by atoms with Crippen LogP contribution in [0, 0.1) is 12.8 Å². The quantitative estimate of drug-likeness (QED) is 0.898. The highest BCUT2D eigenvalue weighted by molar-refractivity contribution is 9.10. The molecular formula is C16H20BrN3O. The van der Waals surface area contributed by atoms with Gasteiger partial charge in [-0.25, -0.2) is 0 Å². The fraction of sp³-hybridized carbons (Fsp3) is 0.438. The van der Waals surface area contributed by atoms with Crippen LogP contribution in [0.1, 0.15) is 17.9 Å². The monoisotopic (exact) mass is 349 g/mol. The van der Waals surface area contributed by atoms with Crippen molar-refractivity contribution in [2.75, 3.05) is 24.5 Å². The third-order valence-corrected chi connectivity index (χ3v) is 4.37. The largest absolute Gasteiger partial charge is 0.371 e. The zero-order valence-corrected chi connectivity index (χ0v) is 13.8. The van der Waals surface area contributed by atoms with E-state index in [1.165, 1.54) is 12.1 Å². The van der Waals surface area contributed by atoms with E-state index >= 15 is 0 Å². The number of nitrogens with one attached hydrogen (secondary N) is 1. The molecule has 1 N–H and O–H groups in total. The zero-order valence-electron chi connectivity index (χ0n) is 12.2. The molecular weight excluding hydrogens is 330 g/mol. The highest BCUT2D eigenvalue weighted by atomic mass is 79.9. The lowest BCUT2D eigenvalue weighted by Crippen LogP contribution is -2.26. The van der Waals surface area contributed by atoms with E-state index in [9.17, 15) is 0 Å². The number of anilines is 1. The van der Waals surface area contributed by atoms with Crippen LogP contribution in [0.4, 0.5) is 5.69 Å². The number of benzene rings is 1. The van der Waals surface area contributed by atoms with Crippen LogP contribution in [0.15, 0.2) is 39.3 Å².